The summed E-state index contributed by atoms with van der Waals surface area (Å²) in [6.07, 6.45) is -4.18. The Balaban J connectivity index is 3.49. The molecule has 11 heteroatoms. The molecular weight excluding hydrogens is 381 g/mol. The molecule has 28 heavy (non-hydrogen) atoms. The molecule has 0 fully saturated rings. The third kappa shape index (κ3) is 6.03. The van der Waals surface area contributed by atoms with E-state index in [9.17, 15) is 18.0 Å². The molecule has 0 aromatic carbocycles. The fourth-order valence-corrected chi connectivity index (χ4v) is 2.07. The first-order valence-electron chi connectivity index (χ1n) is 8.22. The summed E-state index contributed by atoms with van der Waals surface area (Å²) < 4.78 is 43.7. The zero-order valence-electron chi connectivity index (χ0n) is 16.1. The minimum Gasteiger partial charge on any atom is -0.464 e. The Labute approximate surface area is 160 Å². The predicted molar refractivity (Wildman–Crippen MR) is 96.8 cm³/mol. The molecule has 0 bridgehead atoms. The lowest BCUT2D eigenvalue weighted by atomic mass is 10.1. The third-order valence-corrected chi connectivity index (χ3v) is 3.34. The van der Waals surface area contributed by atoms with E-state index in [2.05, 4.69) is 29.9 Å². The number of carbonyl (C=O) groups excluding carboxylic acids is 1. The van der Waals surface area contributed by atoms with Crippen molar-refractivity contribution in [3.8, 4) is 5.88 Å². The summed E-state index contributed by atoms with van der Waals surface area (Å²) >= 11 is 0. The Morgan fingerprint density at radius 3 is 2.36 bits per heavy atom. The molecule has 0 aliphatic heterocycles. The summed E-state index contributed by atoms with van der Waals surface area (Å²) in [4.78, 5) is 29.3. The molecule has 0 radical (unpaired) electrons. The molecule has 0 aliphatic rings. The standard InChI is InChI=1S/C17H21F3N4O4/c1-6-12(21-7-2)10(3)23-28-15-11(14(24-27-5)16(25)26-4)8-9-13(22-15)17(18,19)20/h8-9H,6-7H2,1-5H3/b21-12?,23-10+,24-14+. The van der Waals surface area contributed by atoms with Crippen LogP contribution >= 0.6 is 0 Å². The highest BCUT2D eigenvalue weighted by Crippen LogP contribution is 2.30. The van der Waals surface area contributed by atoms with Gasteiger partial charge in [-0.2, -0.15) is 13.2 Å². The quantitative estimate of drug-likeness (QED) is 0.378. The van der Waals surface area contributed by atoms with Crippen molar-refractivity contribution in [2.45, 2.75) is 33.4 Å². The maximum absolute atomic E-state index is 13.0. The van der Waals surface area contributed by atoms with Gasteiger partial charge >= 0.3 is 12.1 Å². The molecular formula is C17H21F3N4O4. The van der Waals surface area contributed by atoms with Crippen molar-refractivity contribution in [3.05, 3.63) is 23.4 Å². The van der Waals surface area contributed by atoms with Crippen molar-refractivity contribution in [2.24, 2.45) is 15.3 Å². The van der Waals surface area contributed by atoms with Gasteiger partial charge in [0.05, 0.1) is 24.1 Å². The molecule has 0 aliphatic carbocycles. The molecule has 0 amide bonds. The SMILES string of the molecule is CCN=C(CC)/C(C)=N/Oc1nc(C(F)(F)F)ccc1/C(=N\OC)C(=O)OC. The maximum atomic E-state index is 13.0. The molecule has 0 saturated heterocycles. The second-order valence-electron chi connectivity index (χ2n) is 5.20. The fraction of sp³-hybridized carbons (Fsp3) is 0.471. The lowest BCUT2D eigenvalue weighted by Gasteiger charge is -2.11. The van der Waals surface area contributed by atoms with Crippen molar-refractivity contribution in [1.82, 2.24) is 4.98 Å². The number of methoxy groups -OCH3 is 1. The van der Waals surface area contributed by atoms with Crippen LogP contribution in [-0.4, -0.2) is 48.9 Å². The van der Waals surface area contributed by atoms with Gasteiger partial charge in [-0.3, -0.25) is 4.99 Å². The van der Waals surface area contributed by atoms with Gasteiger partial charge in [0.1, 0.15) is 12.8 Å². The number of rotatable bonds is 8. The van der Waals surface area contributed by atoms with E-state index in [4.69, 9.17) is 4.84 Å². The summed E-state index contributed by atoms with van der Waals surface area (Å²) in [5.41, 5.74) is -0.845. The van der Waals surface area contributed by atoms with E-state index in [1.54, 1.807) is 6.92 Å². The minimum absolute atomic E-state index is 0.177. The van der Waals surface area contributed by atoms with Crippen LogP contribution in [0, 0.1) is 0 Å². The second kappa shape index (κ2) is 10.4. The summed E-state index contributed by atoms with van der Waals surface area (Å²) in [7, 11) is 2.25. The average Bonchev–Trinajstić information content (AvgIpc) is 2.67. The van der Waals surface area contributed by atoms with E-state index in [-0.39, 0.29) is 5.56 Å². The molecule has 154 valence electrons. The average molecular weight is 402 g/mol. The Hall–Kier alpha value is -2.98. The van der Waals surface area contributed by atoms with Gasteiger partial charge in [0, 0.05) is 6.54 Å². The number of esters is 1. The molecule has 1 heterocycles. The van der Waals surface area contributed by atoms with Crippen molar-refractivity contribution < 1.29 is 32.4 Å². The lowest BCUT2D eigenvalue weighted by molar-refractivity contribution is -0.141. The Morgan fingerprint density at radius 2 is 1.86 bits per heavy atom. The smallest absolute Gasteiger partial charge is 0.433 e. The first-order chi connectivity index (χ1) is 13.2. The monoisotopic (exact) mass is 402 g/mol. The van der Waals surface area contributed by atoms with Crippen LogP contribution in [0.2, 0.25) is 0 Å². The Kier molecular flexibility index (Phi) is 8.55. The van der Waals surface area contributed by atoms with Crippen molar-refractivity contribution in [1.29, 1.82) is 0 Å². The van der Waals surface area contributed by atoms with Crippen LogP contribution in [0.1, 0.15) is 38.4 Å². The van der Waals surface area contributed by atoms with Gasteiger partial charge in [0.25, 0.3) is 5.88 Å². The van der Waals surface area contributed by atoms with Gasteiger partial charge in [-0.1, -0.05) is 17.2 Å². The largest absolute Gasteiger partial charge is 0.464 e. The normalized spacial score (nSPS) is 13.4. The highest BCUT2D eigenvalue weighted by molar-refractivity contribution is 6.43. The summed E-state index contributed by atoms with van der Waals surface area (Å²) in [5.74, 6) is -1.53. The van der Waals surface area contributed by atoms with Crippen LogP contribution in [-0.2, 0) is 20.5 Å². The first kappa shape index (κ1) is 23.1. The third-order valence-electron chi connectivity index (χ3n) is 3.34. The number of halogens is 3. The predicted octanol–water partition coefficient (Wildman–Crippen LogP) is 3.25. The van der Waals surface area contributed by atoms with Gasteiger partial charge < -0.3 is 14.4 Å². The van der Waals surface area contributed by atoms with E-state index >= 15 is 0 Å². The molecule has 1 aromatic rings. The van der Waals surface area contributed by atoms with Crippen LogP contribution in [0.25, 0.3) is 0 Å². The van der Waals surface area contributed by atoms with Gasteiger partial charge in [0.15, 0.2) is 5.71 Å². The number of ether oxygens (including phenoxy) is 1. The molecule has 1 rings (SSSR count). The van der Waals surface area contributed by atoms with Gasteiger partial charge in [0.2, 0.25) is 0 Å². The fourth-order valence-electron chi connectivity index (χ4n) is 2.07. The van der Waals surface area contributed by atoms with E-state index in [1.807, 2.05) is 13.8 Å². The molecule has 0 atom stereocenters. The number of pyridine rings is 1. The number of hydrogen-bond donors (Lipinski definition) is 0. The van der Waals surface area contributed by atoms with Crippen molar-refractivity contribution >= 4 is 23.1 Å². The molecule has 1 aromatic heterocycles. The molecule has 0 unspecified atom stereocenters. The van der Waals surface area contributed by atoms with Crippen LogP contribution in [0.3, 0.4) is 0 Å². The van der Waals surface area contributed by atoms with Gasteiger partial charge in [-0.25, -0.2) is 9.78 Å². The number of nitrogens with zero attached hydrogens (tertiary/aromatic N) is 4. The van der Waals surface area contributed by atoms with E-state index < -0.39 is 29.4 Å². The van der Waals surface area contributed by atoms with Crippen LogP contribution < -0.4 is 4.84 Å². The van der Waals surface area contributed by atoms with Crippen molar-refractivity contribution in [2.75, 3.05) is 20.8 Å². The molecule has 8 nitrogen and oxygen atoms in total. The summed E-state index contributed by atoms with van der Waals surface area (Å²) in [6, 6.07) is 1.66. The topological polar surface area (TPSA) is 94.7 Å². The number of carbonyl (C=O) groups is 1. The van der Waals surface area contributed by atoms with Crippen LogP contribution in [0.15, 0.2) is 27.4 Å². The highest BCUT2D eigenvalue weighted by atomic mass is 19.4. The van der Waals surface area contributed by atoms with E-state index in [0.29, 0.717) is 30.5 Å². The Morgan fingerprint density at radius 1 is 1.18 bits per heavy atom. The van der Waals surface area contributed by atoms with Gasteiger partial charge in [-0.05, 0) is 32.4 Å². The highest BCUT2D eigenvalue weighted by Gasteiger charge is 2.34. The van der Waals surface area contributed by atoms with Crippen molar-refractivity contribution in [3.63, 3.8) is 0 Å². The number of alkyl halides is 3. The molecule has 0 N–H and O–H groups in total. The molecule has 0 spiro atoms. The zero-order chi connectivity index (χ0) is 21.3. The van der Waals surface area contributed by atoms with E-state index in [0.717, 1.165) is 20.3 Å². The number of oxime groups is 2. The Bertz CT molecular complexity index is 789. The summed E-state index contributed by atoms with van der Waals surface area (Å²) in [5, 5.41) is 7.30. The minimum atomic E-state index is -4.72. The maximum Gasteiger partial charge on any atom is 0.433 e. The van der Waals surface area contributed by atoms with Crippen LogP contribution in [0.5, 0.6) is 5.88 Å². The van der Waals surface area contributed by atoms with E-state index in [1.165, 1.54) is 0 Å². The zero-order valence-corrected chi connectivity index (χ0v) is 16.1. The lowest BCUT2D eigenvalue weighted by Crippen LogP contribution is -2.20. The van der Waals surface area contributed by atoms with Crippen LogP contribution in [0.4, 0.5) is 13.2 Å². The number of aromatic nitrogens is 1. The number of hydrogen-bond acceptors (Lipinski definition) is 8. The first-order valence-corrected chi connectivity index (χ1v) is 8.22. The molecule has 0 saturated carbocycles. The summed E-state index contributed by atoms with van der Waals surface area (Å²) in [6.45, 7) is 5.79. The second-order valence-corrected chi connectivity index (χ2v) is 5.20. The van der Waals surface area contributed by atoms with Gasteiger partial charge in [-0.15, -0.1) is 0 Å². The number of aliphatic imine (C=N–C) groups is 1.